The monoisotopic (exact) mass is 414 g/mol. The molecule has 1 unspecified atom stereocenters. The van der Waals surface area contributed by atoms with Crippen LogP contribution in [0.1, 0.15) is 27.8 Å². The first-order valence-electron chi connectivity index (χ1n) is 8.57. The minimum absolute atomic E-state index is 0.223. The zero-order valence-corrected chi connectivity index (χ0v) is 16.6. The van der Waals surface area contributed by atoms with Gasteiger partial charge in [0.1, 0.15) is 5.37 Å². The number of aryl methyl sites for hydroxylation is 1. The molecule has 3 heterocycles. The van der Waals surface area contributed by atoms with Crippen molar-refractivity contribution in [2.75, 3.05) is 5.32 Å². The third-order valence-electron chi connectivity index (χ3n) is 4.45. The lowest BCUT2D eigenvalue weighted by Crippen LogP contribution is -2.24. The molecule has 1 amide bonds. The molecule has 1 atom stereocenters. The van der Waals surface area contributed by atoms with Gasteiger partial charge in [-0.3, -0.25) is 15.2 Å². The Morgan fingerprint density at radius 1 is 1.36 bits per heavy atom. The summed E-state index contributed by atoms with van der Waals surface area (Å²) in [5.41, 5.74) is 2.89. The van der Waals surface area contributed by atoms with Crippen molar-refractivity contribution < 1.29 is 13.2 Å². The summed E-state index contributed by atoms with van der Waals surface area (Å²) in [7, 11) is -3.69. The van der Waals surface area contributed by atoms with Gasteiger partial charge in [0.25, 0.3) is 0 Å². The van der Waals surface area contributed by atoms with E-state index in [1.54, 1.807) is 24.3 Å². The highest BCUT2D eigenvalue weighted by Gasteiger charge is 2.38. The van der Waals surface area contributed by atoms with Crippen LogP contribution in [0, 0.1) is 6.92 Å². The van der Waals surface area contributed by atoms with Gasteiger partial charge in [0, 0.05) is 12.6 Å². The van der Waals surface area contributed by atoms with Gasteiger partial charge >= 0.3 is 0 Å². The molecule has 1 aromatic carbocycles. The zero-order valence-electron chi connectivity index (χ0n) is 15.0. The Morgan fingerprint density at radius 3 is 2.96 bits per heavy atom. The van der Waals surface area contributed by atoms with Crippen molar-refractivity contribution in [1.29, 1.82) is 0 Å². The summed E-state index contributed by atoms with van der Waals surface area (Å²) in [6.45, 7) is 2.18. The number of nitrogens with zero attached hydrogens (tertiary/aromatic N) is 1. The van der Waals surface area contributed by atoms with Gasteiger partial charge in [0.15, 0.2) is 15.7 Å². The highest BCUT2D eigenvalue weighted by molar-refractivity contribution is 7.91. The SMILES string of the molecule is Cc1cccc(S(=O)(=O)C2NCc3[nH]nc(NC(=O)C=Cc4ccsc4)c32)c1. The molecular formula is C19H18N4O3S2. The molecule has 0 saturated heterocycles. The average Bonchev–Trinajstić information content (AvgIpc) is 3.39. The second-order valence-electron chi connectivity index (χ2n) is 6.47. The largest absolute Gasteiger partial charge is 0.305 e. The molecule has 0 radical (unpaired) electrons. The van der Waals surface area contributed by atoms with E-state index in [0.717, 1.165) is 11.1 Å². The van der Waals surface area contributed by atoms with E-state index in [1.165, 1.54) is 17.4 Å². The molecule has 1 aliphatic heterocycles. The second-order valence-corrected chi connectivity index (χ2v) is 9.28. The summed E-state index contributed by atoms with van der Waals surface area (Å²) in [4.78, 5) is 12.5. The van der Waals surface area contributed by atoms with Crippen molar-refractivity contribution >= 4 is 39.0 Å². The van der Waals surface area contributed by atoms with Crippen molar-refractivity contribution in [3.8, 4) is 0 Å². The highest BCUT2D eigenvalue weighted by Crippen LogP contribution is 2.37. The van der Waals surface area contributed by atoms with Gasteiger partial charge in [-0.05, 0) is 53.1 Å². The standard InChI is InChI=1S/C19H18N4O3S2/c1-12-3-2-4-14(9-12)28(25,26)19-17-15(10-20-19)22-23-18(17)21-16(24)6-5-13-7-8-27-11-13/h2-9,11,19-20H,10H2,1H3,(H2,21,22,23,24). The number of thiophene rings is 1. The number of sulfone groups is 1. The van der Waals surface area contributed by atoms with Crippen LogP contribution in [0.25, 0.3) is 6.08 Å². The van der Waals surface area contributed by atoms with E-state index >= 15 is 0 Å². The molecule has 1 aliphatic rings. The van der Waals surface area contributed by atoms with Gasteiger partial charge in [-0.2, -0.15) is 16.4 Å². The lowest BCUT2D eigenvalue weighted by atomic mass is 10.2. The Labute approximate surface area is 166 Å². The van der Waals surface area contributed by atoms with Gasteiger partial charge in [-0.15, -0.1) is 0 Å². The summed E-state index contributed by atoms with van der Waals surface area (Å²) >= 11 is 1.54. The van der Waals surface area contributed by atoms with Gasteiger partial charge in [0.2, 0.25) is 5.91 Å². The fourth-order valence-corrected chi connectivity index (χ4v) is 5.48. The van der Waals surface area contributed by atoms with E-state index in [1.807, 2.05) is 29.8 Å². The van der Waals surface area contributed by atoms with Crippen LogP contribution in [-0.2, 0) is 21.2 Å². The number of hydrogen-bond acceptors (Lipinski definition) is 6. The number of H-pyrrole nitrogens is 1. The summed E-state index contributed by atoms with van der Waals surface area (Å²) in [6.07, 6.45) is 3.09. The maximum absolute atomic E-state index is 13.1. The van der Waals surface area contributed by atoms with E-state index in [2.05, 4.69) is 20.8 Å². The van der Waals surface area contributed by atoms with Gasteiger partial charge in [-0.1, -0.05) is 12.1 Å². The normalized spacial score (nSPS) is 16.4. The third-order valence-corrected chi connectivity index (χ3v) is 7.09. The van der Waals surface area contributed by atoms with Gasteiger partial charge in [0.05, 0.1) is 16.2 Å². The van der Waals surface area contributed by atoms with Gasteiger partial charge < -0.3 is 5.32 Å². The van der Waals surface area contributed by atoms with E-state index in [9.17, 15) is 13.2 Å². The first-order valence-corrected chi connectivity index (χ1v) is 11.1. The Bertz CT molecular complexity index is 1150. The van der Waals surface area contributed by atoms with Crippen LogP contribution in [0.5, 0.6) is 0 Å². The van der Waals surface area contributed by atoms with Crippen molar-refractivity contribution in [3.05, 3.63) is 69.6 Å². The average molecular weight is 415 g/mol. The highest BCUT2D eigenvalue weighted by atomic mass is 32.2. The van der Waals surface area contributed by atoms with Crippen molar-refractivity contribution in [2.24, 2.45) is 0 Å². The van der Waals surface area contributed by atoms with Crippen LogP contribution in [0.3, 0.4) is 0 Å². The molecule has 0 saturated carbocycles. The molecular weight excluding hydrogens is 396 g/mol. The Hall–Kier alpha value is -2.75. The van der Waals surface area contributed by atoms with Gasteiger partial charge in [-0.25, -0.2) is 8.42 Å². The van der Waals surface area contributed by atoms with Crippen LogP contribution >= 0.6 is 11.3 Å². The summed E-state index contributed by atoms with van der Waals surface area (Å²) in [6, 6.07) is 8.66. The first-order chi connectivity index (χ1) is 13.4. The van der Waals surface area contributed by atoms with Crippen molar-refractivity contribution in [1.82, 2.24) is 15.5 Å². The molecule has 144 valence electrons. The van der Waals surface area contributed by atoms with E-state index in [4.69, 9.17) is 0 Å². The Kier molecular flexibility index (Phi) is 4.88. The molecule has 2 aromatic heterocycles. The van der Waals surface area contributed by atoms with Crippen LogP contribution in [-0.4, -0.2) is 24.5 Å². The molecule has 7 nitrogen and oxygen atoms in total. The number of nitrogens with one attached hydrogen (secondary N) is 3. The third kappa shape index (κ3) is 3.51. The molecule has 9 heteroatoms. The fraction of sp³-hybridized carbons (Fsp3) is 0.158. The predicted molar refractivity (Wildman–Crippen MR) is 109 cm³/mol. The molecule has 0 fully saturated rings. The number of benzene rings is 1. The minimum Gasteiger partial charge on any atom is -0.305 e. The summed E-state index contributed by atoms with van der Waals surface area (Å²) in [5.74, 6) is -0.152. The van der Waals surface area contributed by atoms with Crippen molar-refractivity contribution in [2.45, 2.75) is 23.7 Å². The lowest BCUT2D eigenvalue weighted by Gasteiger charge is -2.14. The maximum atomic E-state index is 13.1. The predicted octanol–water partition coefficient (Wildman–Crippen LogP) is 3.01. The quantitative estimate of drug-likeness (QED) is 0.557. The minimum atomic E-state index is -3.69. The molecule has 28 heavy (non-hydrogen) atoms. The maximum Gasteiger partial charge on any atom is 0.249 e. The van der Waals surface area contributed by atoms with Crippen LogP contribution in [0.15, 0.2) is 52.1 Å². The second kappa shape index (κ2) is 7.34. The number of amides is 1. The molecule has 4 rings (SSSR count). The van der Waals surface area contributed by atoms with Crippen LogP contribution in [0.2, 0.25) is 0 Å². The number of aromatic amines is 1. The topological polar surface area (TPSA) is 104 Å². The first kappa shape index (κ1) is 18.6. The van der Waals surface area contributed by atoms with E-state index < -0.39 is 15.2 Å². The van der Waals surface area contributed by atoms with Crippen LogP contribution in [0.4, 0.5) is 5.82 Å². The molecule has 0 bridgehead atoms. The number of aromatic nitrogens is 2. The number of hydrogen-bond donors (Lipinski definition) is 3. The molecule has 0 spiro atoms. The Morgan fingerprint density at radius 2 is 2.21 bits per heavy atom. The zero-order chi connectivity index (χ0) is 19.7. The molecule has 0 aliphatic carbocycles. The summed E-state index contributed by atoms with van der Waals surface area (Å²) < 4.78 is 26.3. The molecule has 3 aromatic rings. The number of carbonyl (C=O) groups excluding carboxylic acids is 1. The van der Waals surface area contributed by atoms with E-state index in [-0.39, 0.29) is 16.6 Å². The van der Waals surface area contributed by atoms with E-state index in [0.29, 0.717) is 17.8 Å². The lowest BCUT2D eigenvalue weighted by molar-refractivity contribution is -0.111. The number of carbonyl (C=O) groups is 1. The summed E-state index contributed by atoms with van der Waals surface area (Å²) in [5, 5.41) is 15.5. The smallest absolute Gasteiger partial charge is 0.249 e. The number of fused-ring (bicyclic) bond motifs is 1. The number of anilines is 1. The van der Waals surface area contributed by atoms with Crippen LogP contribution < -0.4 is 10.6 Å². The fourth-order valence-electron chi connectivity index (χ4n) is 3.09. The Balaban J connectivity index is 1.60. The van der Waals surface area contributed by atoms with Crippen molar-refractivity contribution in [3.63, 3.8) is 0 Å². The molecule has 3 N–H and O–H groups in total. The number of rotatable bonds is 5.